The van der Waals surface area contributed by atoms with Crippen LogP contribution in [0.4, 0.5) is 91.8 Å². The average Bonchev–Trinajstić information content (AvgIpc) is 1.06. The van der Waals surface area contributed by atoms with Crippen LogP contribution in [0.1, 0.15) is 39.5 Å². The lowest BCUT2D eigenvalue weighted by atomic mass is 10.2. The summed E-state index contributed by atoms with van der Waals surface area (Å²) in [4.78, 5) is 41.6. The molecule has 2 aliphatic heterocycles. The highest BCUT2D eigenvalue weighted by Crippen LogP contribution is 2.31. The van der Waals surface area contributed by atoms with Crippen LogP contribution in [0.5, 0.6) is 34.5 Å². The normalized spacial score (nSPS) is 13.8. The zero-order valence-corrected chi connectivity index (χ0v) is 58.1. The van der Waals surface area contributed by atoms with Crippen LogP contribution in [0, 0.1) is 29.1 Å². The van der Waals surface area contributed by atoms with Gasteiger partial charge >= 0.3 is 0 Å². The van der Waals surface area contributed by atoms with E-state index in [2.05, 4.69) is 105 Å². The number of nitrogens with two attached hydrogens (primary N) is 2. The van der Waals surface area contributed by atoms with Gasteiger partial charge in [0.2, 0.25) is 51.5 Å². The second kappa shape index (κ2) is 38.6. The van der Waals surface area contributed by atoms with Crippen molar-refractivity contribution in [3.8, 4) is 34.5 Å². The SMILES string of the molecule is CCN1CCCC1CN.CCN1CCCC1CNc1nc(Nc2ccc(OC)c(F)c2)nc(Nc2ccc(OC)c(Cl)c2)n1.COc1ccc(N)cc1F.COc1ccc(Nc2nc(Cl)nc(Cl)n2)cc1F.COc1ccc(Nc2nc(Cl)nc(Nc3ccc(OC)c(F)c3)n2)cc1F. The molecule has 34 heteroatoms. The van der Waals surface area contributed by atoms with Gasteiger partial charge in [0.05, 0.1) is 47.7 Å². The van der Waals surface area contributed by atoms with Crippen molar-refractivity contribution in [1.82, 2.24) is 54.7 Å². The minimum atomic E-state index is -0.547. The van der Waals surface area contributed by atoms with Crippen LogP contribution in [0.25, 0.3) is 0 Å². The summed E-state index contributed by atoms with van der Waals surface area (Å²) >= 11 is 23.4. The lowest BCUT2D eigenvalue weighted by Crippen LogP contribution is -2.35. The van der Waals surface area contributed by atoms with Crippen LogP contribution < -0.4 is 71.8 Å². The van der Waals surface area contributed by atoms with Crippen molar-refractivity contribution in [2.75, 3.05) is 120 Å². The summed E-state index contributed by atoms with van der Waals surface area (Å²) in [5.41, 5.74) is 13.6. The molecule has 3 aromatic heterocycles. The van der Waals surface area contributed by atoms with Crippen molar-refractivity contribution >= 4 is 116 Å². The Labute approximate surface area is 588 Å². The first kappa shape index (κ1) is 76.8. The molecule has 99 heavy (non-hydrogen) atoms. The van der Waals surface area contributed by atoms with E-state index < -0.39 is 29.1 Å². The smallest absolute Gasteiger partial charge is 0.233 e. The maximum Gasteiger partial charge on any atom is 0.233 e. The summed E-state index contributed by atoms with van der Waals surface area (Å²) in [6.45, 7) is 10.5. The highest BCUT2D eigenvalue weighted by molar-refractivity contribution is 6.32. The quantitative estimate of drug-likeness (QED) is 0.0231. The molecule has 0 bridgehead atoms. The van der Waals surface area contributed by atoms with Gasteiger partial charge in [-0.1, -0.05) is 25.4 Å². The molecule has 9 aromatic rings. The zero-order chi connectivity index (χ0) is 71.5. The topological polar surface area (TPSA) is 302 Å². The number of hydrogen-bond donors (Lipinski definition) is 8. The molecule has 6 aromatic carbocycles. The van der Waals surface area contributed by atoms with Gasteiger partial charge in [-0.3, -0.25) is 9.80 Å². The first-order valence-corrected chi connectivity index (χ1v) is 32.0. The number of anilines is 12. The summed E-state index contributed by atoms with van der Waals surface area (Å²) < 4.78 is 97.3. The predicted molar refractivity (Wildman–Crippen MR) is 376 cm³/mol. The Balaban J connectivity index is 0.000000189. The van der Waals surface area contributed by atoms with Crippen LogP contribution in [-0.4, -0.2) is 149 Å². The number of hydrogen-bond acceptors (Lipinski definition) is 25. The van der Waals surface area contributed by atoms with Crippen LogP contribution in [0.2, 0.25) is 20.9 Å². The summed E-state index contributed by atoms with van der Waals surface area (Å²) in [7, 11) is 8.52. The molecule has 25 nitrogen and oxygen atoms in total. The van der Waals surface area contributed by atoms with Crippen molar-refractivity contribution in [2.24, 2.45) is 5.73 Å². The Morgan fingerprint density at radius 1 is 0.404 bits per heavy atom. The zero-order valence-electron chi connectivity index (χ0n) is 55.0. The van der Waals surface area contributed by atoms with Gasteiger partial charge in [0, 0.05) is 89.6 Å². The van der Waals surface area contributed by atoms with Gasteiger partial charge in [0.1, 0.15) is 5.75 Å². The molecule has 2 fully saturated rings. The van der Waals surface area contributed by atoms with Gasteiger partial charge in [-0.25, -0.2) is 22.0 Å². The maximum atomic E-state index is 14.2. The molecule has 0 aliphatic carbocycles. The van der Waals surface area contributed by atoms with E-state index in [0.29, 0.717) is 75.4 Å². The van der Waals surface area contributed by atoms with Crippen molar-refractivity contribution in [3.05, 3.63) is 159 Å². The highest BCUT2D eigenvalue weighted by atomic mass is 35.5. The van der Waals surface area contributed by atoms with Crippen molar-refractivity contribution in [1.29, 1.82) is 0 Å². The Morgan fingerprint density at radius 3 is 1.04 bits per heavy atom. The summed E-state index contributed by atoms with van der Waals surface area (Å²) in [5.74, 6) is 0.0426. The fourth-order valence-electron chi connectivity index (χ4n) is 9.79. The minimum Gasteiger partial charge on any atom is -0.495 e. The van der Waals surface area contributed by atoms with Crippen LogP contribution in [0.3, 0.4) is 0 Å². The lowest BCUT2D eigenvalue weighted by molar-refractivity contribution is 0.272. The van der Waals surface area contributed by atoms with Gasteiger partial charge in [0.25, 0.3) is 0 Å². The van der Waals surface area contributed by atoms with E-state index in [-0.39, 0.29) is 68.4 Å². The maximum absolute atomic E-state index is 14.2. The number of benzene rings is 6. The van der Waals surface area contributed by atoms with E-state index in [9.17, 15) is 22.0 Å². The Morgan fingerprint density at radius 2 is 0.707 bits per heavy atom. The molecule has 0 spiro atoms. The van der Waals surface area contributed by atoms with Gasteiger partial charge in [-0.2, -0.15) is 44.9 Å². The van der Waals surface area contributed by atoms with E-state index in [1.807, 2.05) is 6.07 Å². The van der Waals surface area contributed by atoms with Crippen LogP contribution in [0.15, 0.2) is 109 Å². The number of rotatable bonds is 22. The van der Waals surface area contributed by atoms with Crippen molar-refractivity contribution in [3.63, 3.8) is 0 Å². The summed E-state index contributed by atoms with van der Waals surface area (Å²) in [5, 5.41) is 18.2. The van der Waals surface area contributed by atoms with E-state index in [0.717, 1.165) is 26.1 Å². The number of likely N-dealkylation sites (tertiary alicyclic amines) is 2. The van der Waals surface area contributed by atoms with Gasteiger partial charge < -0.3 is 71.8 Å². The van der Waals surface area contributed by atoms with Gasteiger partial charge in [-0.05, 0) is 166 Å². The molecule has 11 rings (SSSR count). The number of ether oxygens (including phenoxy) is 6. The molecule has 0 radical (unpaired) electrons. The number of methoxy groups -OCH3 is 6. The van der Waals surface area contributed by atoms with Crippen molar-refractivity contribution < 1.29 is 50.4 Å². The largest absolute Gasteiger partial charge is 0.495 e. The molecule has 2 aliphatic rings. The monoisotopic (exact) mass is 1450 g/mol. The van der Waals surface area contributed by atoms with E-state index >= 15 is 0 Å². The van der Waals surface area contributed by atoms with Crippen LogP contribution in [-0.2, 0) is 0 Å². The van der Waals surface area contributed by atoms with Crippen molar-refractivity contribution in [2.45, 2.75) is 51.6 Å². The molecule has 2 atom stereocenters. The fourth-order valence-corrected chi connectivity index (χ4v) is 10.6. The molecular weight excluding hydrogens is 1380 g/mol. The third-order valence-electron chi connectivity index (χ3n) is 14.6. The van der Waals surface area contributed by atoms with Gasteiger partial charge in [0.15, 0.2) is 57.8 Å². The van der Waals surface area contributed by atoms with E-state index in [1.165, 1.54) is 129 Å². The molecule has 2 unspecified atom stereocenters. The second-order valence-corrected chi connectivity index (χ2v) is 22.4. The van der Waals surface area contributed by atoms with Crippen LogP contribution >= 0.6 is 46.4 Å². The third kappa shape index (κ3) is 23.6. The second-order valence-electron chi connectivity index (χ2n) is 21.0. The molecule has 10 N–H and O–H groups in total. The average molecular weight is 1450 g/mol. The predicted octanol–water partition coefficient (Wildman–Crippen LogP) is 14.3. The number of nitrogens with one attached hydrogen (secondary N) is 6. The number of likely N-dealkylation sites (N-methyl/N-ethyl adjacent to an activating group) is 2. The molecule has 0 saturated carbocycles. The van der Waals surface area contributed by atoms with E-state index in [1.54, 1.807) is 49.6 Å². The Hall–Kier alpha value is -9.56. The molecular formula is C65H74Cl4F5N19O6. The Kier molecular flexibility index (Phi) is 29.9. The van der Waals surface area contributed by atoms with Gasteiger partial charge in [-0.15, -0.1) is 0 Å². The molecule has 2 saturated heterocycles. The Bertz CT molecular complexity index is 3920. The fraction of sp³-hybridized carbons (Fsp3) is 0.308. The summed E-state index contributed by atoms with van der Waals surface area (Å²) in [6, 6.07) is 28.1. The molecule has 0 amide bonds. The summed E-state index contributed by atoms with van der Waals surface area (Å²) in [6.07, 6.45) is 4.95. The number of nitrogens with zero attached hydrogens (tertiary/aromatic N) is 11. The van der Waals surface area contributed by atoms with E-state index in [4.69, 9.17) is 81.6 Å². The minimum absolute atomic E-state index is 0.0496. The molecule has 5 heterocycles. The third-order valence-corrected chi connectivity index (χ3v) is 15.4. The lowest BCUT2D eigenvalue weighted by Gasteiger charge is -2.23. The first-order valence-electron chi connectivity index (χ1n) is 30.5. The molecule has 528 valence electrons. The first-order chi connectivity index (χ1) is 47.7. The number of nitrogen functional groups attached to an aromatic ring is 1. The number of halogens is 9. The highest BCUT2D eigenvalue weighted by Gasteiger charge is 2.24. The standard InChI is InChI=1S/C24H29ClFN7O2.C17H14ClF2N5O2.C10H7Cl2FN4O.C7H8FNO.C7H16N2/c1-4-33-11-5-6-17(33)14-27-22-30-23(28-15-7-9-20(34-2)18(25)12-15)32-24(31-22)29-16-8-10-21(35-3)19(26)13-16;1-26-13-5-3-9(7-11(13)19)21-16-23-15(18)24-17(25-16)22-10-4-6-14(27-2)12(20)8-10;1-18-7-3-2-5(4-6(7)13)14-10-16-8(11)15-9(12)17-10;1-10-7-3-2-5(9)4-6(7)8;1-2-9-5-3-4-7(9)6-8/h7-10,12-13,17H,4-6,11,14H2,1-3H3,(H3,27,28,29,30,31,32);3-8H,1-2H3,(H2,21,22,23,24,25);2-4H,1H3,(H,14,15,16,17);2-4H,9H2,1H3;7H,2-6,8H2,1H3. The number of aromatic nitrogens is 9.